The van der Waals surface area contributed by atoms with Gasteiger partial charge in [-0.3, -0.25) is 4.79 Å². The van der Waals surface area contributed by atoms with Crippen molar-refractivity contribution in [3.05, 3.63) is 28.7 Å². The molecule has 0 bridgehead atoms. The molecule has 1 aromatic rings. The second-order valence-corrected chi connectivity index (χ2v) is 7.88. The number of piperidine rings is 1. The average molecular weight is 390 g/mol. The fourth-order valence-corrected chi connectivity index (χ4v) is 3.56. The fraction of sp³-hybridized carbons (Fsp3) is 0.500. The molecule has 8 heteroatoms. The van der Waals surface area contributed by atoms with Gasteiger partial charge in [-0.2, -0.15) is 0 Å². The van der Waals surface area contributed by atoms with Crippen molar-refractivity contribution >= 4 is 31.9 Å². The number of benzene rings is 1. The third-order valence-corrected chi connectivity index (χ3v) is 5.48. The second kappa shape index (κ2) is 8.05. The molecular weight excluding hydrogens is 370 g/mol. The monoisotopic (exact) mass is 389 g/mol. The Balaban J connectivity index is 1.77. The predicted octanol–water partition coefficient (Wildman–Crippen LogP) is 0.986. The van der Waals surface area contributed by atoms with E-state index in [1.165, 1.54) is 12.1 Å². The Hall–Kier alpha value is -0.960. The minimum Gasteiger partial charge on any atom is -0.353 e. The van der Waals surface area contributed by atoms with Gasteiger partial charge in [-0.25, -0.2) is 13.1 Å². The number of carbonyl (C=O) groups excluding carboxylic acids is 1. The summed E-state index contributed by atoms with van der Waals surface area (Å²) in [7, 11) is -3.57. The normalized spacial score (nSPS) is 16.4. The first-order valence-corrected chi connectivity index (χ1v) is 9.50. The van der Waals surface area contributed by atoms with E-state index in [-0.39, 0.29) is 29.8 Å². The van der Waals surface area contributed by atoms with Crippen LogP contribution in [0.4, 0.5) is 0 Å². The molecule has 0 spiro atoms. The maximum atomic E-state index is 12.0. The van der Waals surface area contributed by atoms with Gasteiger partial charge < -0.3 is 10.6 Å². The lowest BCUT2D eigenvalue weighted by molar-refractivity contribution is -0.121. The van der Waals surface area contributed by atoms with Gasteiger partial charge >= 0.3 is 0 Å². The van der Waals surface area contributed by atoms with Crippen molar-refractivity contribution in [3.63, 3.8) is 0 Å². The molecule has 0 unspecified atom stereocenters. The molecule has 6 nitrogen and oxygen atoms in total. The van der Waals surface area contributed by atoms with Crippen LogP contribution in [0.15, 0.2) is 33.6 Å². The van der Waals surface area contributed by atoms with Crippen molar-refractivity contribution < 1.29 is 13.2 Å². The lowest BCUT2D eigenvalue weighted by atomic mass is 10.1. The van der Waals surface area contributed by atoms with Crippen LogP contribution in [-0.4, -0.2) is 40.0 Å². The van der Waals surface area contributed by atoms with Crippen molar-refractivity contribution in [2.75, 3.05) is 19.6 Å². The number of amides is 1. The maximum Gasteiger partial charge on any atom is 0.240 e. The molecule has 2 rings (SSSR count). The number of nitrogens with one attached hydrogen (secondary N) is 3. The van der Waals surface area contributed by atoms with E-state index in [9.17, 15) is 13.2 Å². The molecule has 3 N–H and O–H groups in total. The van der Waals surface area contributed by atoms with E-state index in [4.69, 9.17) is 0 Å². The molecule has 0 radical (unpaired) electrons. The minimum atomic E-state index is -3.57. The van der Waals surface area contributed by atoms with Crippen LogP contribution in [0.5, 0.6) is 0 Å². The molecule has 1 amide bonds. The van der Waals surface area contributed by atoms with E-state index >= 15 is 0 Å². The molecule has 22 heavy (non-hydrogen) atoms. The summed E-state index contributed by atoms with van der Waals surface area (Å²) in [6.45, 7) is 1.90. The molecule has 0 aromatic heterocycles. The SMILES string of the molecule is O=C(CCNS(=O)(=O)c1ccc(Br)cc1)NC1CCNCC1. The van der Waals surface area contributed by atoms with E-state index < -0.39 is 10.0 Å². The van der Waals surface area contributed by atoms with Gasteiger partial charge in [0.1, 0.15) is 0 Å². The number of hydrogen-bond donors (Lipinski definition) is 3. The standard InChI is InChI=1S/C14H20BrN3O3S/c15-11-1-3-13(4-2-11)22(20,21)17-10-7-14(19)18-12-5-8-16-9-6-12/h1-4,12,16-17H,5-10H2,(H,18,19). The topological polar surface area (TPSA) is 87.3 Å². The van der Waals surface area contributed by atoms with Crippen molar-refractivity contribution in [2.45, 2.75) is 30.2 Å². The molecule has 1 saturated heterocycles. The van der Waals surface area contributed by atoms with Gasteiger partial charge in [0.25, 0.3) is 0 Å². The molecule has 122 valence electrons. The summed E-state index contributed by atoms with van der Waals surface area (Å²) in [5.74, 6) is -0.120. The second-order valence-electron chi connectivity index (χ2n) is 5.19. The van der Waals surface area contributed by atoms with Gasteiger partial charge in [0, 0.05) is 23.5 Å². The predicted molar refractivity (Wildman–Crippen MR) is 88.0 cm³/mol. The number of sulfonamides is 1. The molecule has 0 atom stereocenters. The molecule has 0 aliphatic carbocycles. The van der Waals surface area contributed by atoms with Crippen LogP contribution >= 0.6 is 15.9 Å². The third-order valence-electron chi connectivity index (χ3n) is 3.47. The first-order chi connectivity index (χ1) is 10.5. The van der Waals surface area contributed by atoms with Crippen molar-refractivity contribution in [3.8, 4) is 0 Å². The van der Waals surface area contributed by atoms with Gasteiger partial charge in [0.05, 0.1) is 4.90 Å². The van der Waals surface area contributed by atoms with Crippen LogP contribution in [-0.2, 0) is 14.8 Å². The molecule has 0 saturated carbocycles. The van der Waals surface area contributed by atoms with Crippen LogP contribution in [0.2, 0.25) is 0 Å². The number of halogens is 1. The van der Waals surface area contributed by atoms with Crippen LogP contribution < -0.4 is 15.4 Å². The smallest absolute Gasteiger partial charge is 0.240 e. The first kappa shape index (κ1) is 17.4. The quantitative estimate of drug-likeness (QED) is 0.676. The zero-order chi connectivity index (χ0) is 16.0. The number of rotatable bonds is 6. The lowest BCUT2D eigenvalue weighted by Gasteiger charge is -2.23. The van der Waals surface area contributed by atoms with E-state index in [0.717, 1.165) is 30.4 Å². The van der Waals surface area contributed by atoms with Crippen molar-refractivity contribution in [1.29, 1.82) is 0 Å². The molecule has 1 heterocycles. The highest BCUT2D eigenvalue weighted by Gasteiger charge is 2.17. The van der Waals surface area contributed by atoms with E-state index in [0.29, 0.717) is 0 Å². The lowest BCUT2D eigenvalue weighted by Crippen LogP contribution is -2.43. The summed E-state index contributed by atoms with van der Waals surface area (Å²) in [5.41, 5.74) is 0. The van der Waals surface area contributed by atoms with Gasteiger partial charge in [-0.15, -0.1) is 0 Å². The molecule has 1 aliphatic rings. The Morgan fingerprint density at radius 2 is 1.86 bits per heavy atom. The summed E-state index contributed by atoms with van der Waals surface area (Å²) in [5, 5.41) is 6.16. The first-order valence-electron chi connectivity index (χ1n) is 7.23. The van der Waals surface area contributed by atoms with Gasteiger partial charge in [-0.05, 0) is 50.2 Å². The van der Waals surface area contributed by atoms with E-state index in [2.05, 4.69) is 31.3 Å². The van der Waals surface area contributed by atoms with Gasteiger partial charge in [0.2, 0.25) is 15.9 Å². The van der Waals surface area contributed by atoms with Crippen molar-refractivity contribution in [2.24, 2.45) is 0 Å². The average Bonchev–Trinajstić information content (AvgIpc) is 2.48. The van der Waals surface area contributed by atoms with Crippen LogP contribution in [0, 0.1) is 0 Å². The fourth-order valence-electron chi connectivity index (χ4n) is 2.26. The highest BCUT2D eigenvalue weighted by atomic mass is 79.9. The van der Waals surface area contributed by atoms with Crippen molar-refractivity contribution in [1.82, 2.24) is 15.4 Å². The Morgan fingerprint density at radius 3 is 2.50 bits per heavy atom. The zero-order valence-electron chi connectivity index (χ0n) is 12.1. The Labute approximate surface area is 139 Å². The van der Waals surface area contributed by atoms with Gasteiger partial charge in [0.15, 0.2) is 0 Å². The number of hydrogen-bond acceptors (Lipinski definition) is 4. The summed E-state index contributed by atoms with van der Waals surface area (Å²) in [4.78, 5) is 12.0. The molecule has 1 aromatic carbocycles. The van der Waals surface area contributed by atoms with Crippen LogP contribution in [0.25, 0.3) is 0 Å². The summed E-state index contributed by atoms with van der Waals surface area (Å²) >= 11 is 3.26. The molecule has 1 fully saturated rings. The Morgan fingerprint density at radius 1 is 1.23 bits per heavy atom. The third kappa shape index (κ3) is 5.35. The van der Waals surface area contributed by atoms with E-state index in [1.807, 2.05) is 0 Å². The number of carbonyl (C=O) groups is 1. The zero-order valence-corrected chi connectivity index (χ0v) is 14.5. The molecular formula is C14H20BrN3O3S. The van der Waals surface area contributed by atoms with Gasteiger partial charge in [-0.1, -0.05) is 15.9 Å². The maximum absolute atomic E-state index is 12.0. The van der Waals surface area contributed by atoms with E-state index in [1.54, 1.807) is 12.1 Å². The summed E-state index contributed by atoms with van der Waals surface area (Å²) in [6, 6.07) is 6.55. The Kier molecular flexibility index (Phi) is 6.37. The van der Waals surface area contributed by atoms with Crippen LogP contribution in [0.3, 0.4) is 0 Å². The summed E-state index contributed by atoms with van der Waals surface area (Å²) in [6.07, 6.45) is 1.96. The highest BCUT2D eigenvalue weighted by molar-refractivity contribution is 9.10. The minimum absolute atomic E-state index is 0.0925. The molecule has 1 aliphatic heterocycles. The highest BCUT2D eigenvalue weighted by Crippen LogP contribution is 2.14. The summed E-state index contributed by atoms with van der Waals surface area (Å²) < 4.78 is 27.4. The largest absolute Gasteiger partial charge is 0.353 e. The Bertz CT molecular complexity index is 598. The van der Waals surface area contributed by atoms with Crippen LogP contribution in [0.1, 0.15) is 19.3 Å².